The largest absolute Gasteiger partial charge is 0.471 e. The first kappa shape index (κ1) is 19.8. The van der Waals surface area contributed by atoms with Crippen LogP contribution in [0.4, 0.5) is 4.79 Å². The van der Waals surface area contributed by atoms with Crippen molar-refractivity contribution in [3.63, 3.8) is 0 Å². The summed E-state index contributed by atoms with van der Waals surface area (Å²) in [4.78, 5) is 14.7. The first-order valence-corrected chi connectivity index (χ1v) is 9.53. The van der Waals surface area contributed by atoms with Crippen LogP contribution in [-0.2, 0) is 13.1 Å². The fourth-order valence-corrected chi connectivity index (χ4v) is 2.95. The highest BCUT2D eigenvalue weighted by Crippen LogP contribution is 2.17. The summed E-state index contributed by atoms with van der Waals surface area (Å²) in [6.45, 7) is 2.82. The van der Waals surface area contributed by atoms with Crippen LogP contribution in [0, 0.1) is 0 Å². The van der Waals surface area contributed by atoms with Crippen LogP contribution < -0.4 is 10.1 Å². The molecule has 0 saturated carbocycles. The monoisotopic (exact) mass is 394 g/mol. The van der Waals surface area contributed by atoms with Crippen LogP contribution in [0.5, 0.6) is 5.75 Å². The minimum Gasteiger partial charge on any atom is -0.471 e. The summed E-state index contributed by atoms with van der Waals surface area (Å²) >= 11 is 5.90. The van der Waals surface area contributed by atoms with Crippen molar-refractivity contribution in [2.24, 2.45) is 0 Å². The third-order valence-electron chi connectivity index (χ3n) is 4.17. The average Bonchev–Trinajstić information content (AvgIpc) is 2.71. The van der Waals surface area contributed by atoms with Crippen molar-refractivity contribution in [3.8, 4) is 5.75 Å². The van der Waals surface area contributed by atoms with Crippen LogP contribution in [0.2, 0.25) is 5.02 Å². The molecular formula is C23H23ClN2O2. The lowest BCUT2D eigenvalue weighted by atomic mass is 10.2. The summed E-state index contributed by atoms with van der Waals surface area (Å²) < 4.78 is 5.77. The Morgan fingerprint density at radius 3 is 1.89 bits per heavy atom. The zero-order valence-corrected chi connectivity index (χ0v) is 16.5. The van der Waals surface area contributed by atoms with Gasteiger partial charge in [0, 0.05) is 18.1 Å². The molecule has 0 radical (unpaired) electrons. The van der Waals surface area contributed by atoms with Crippen molar-refractivity contribution >= 4 is 17.6 Å². The fourth-order valence-electron chi connectivity index (χ4n) is 2.82. The van der Waals surface area contributed by atoms with Crippen LogP contribution in [0.3, 0.4) is 0 Å². The van der Waals surface area contributed by atoms with E-state index in [9.17, 15) is 4.79 Å². The molecule has 0 spiro atoms. The van der Waals surface area contributed by atoms with Gasteiger partial charge >= 0.3 is 6.03 Å². The van der Waals surface area contributed by atoms with E-state index < -0.39 is 6.23 Å². The first-order valence-electron chi connectivity index (χ1n) is 9.15. The van der Waals surface area contributed by atoms with Crippen LogP contribution in [0.15, 0.2) is 84.9 Å². The van der Waals surface area contributed by atoms with E-state index in [2.05, 4.69) is 5.32 Å². The van der Waals surface area contributed by atoms with Gasteiger partial charge in [-0.05, 0) is 42.3 Å². The molecule has 4 nitrogen and oxygen atoms in total. The van der Waals surface area contributed by atoms with E-state index in [0.717, 1.165) is 11.1 Å². The van der Waals surface area contributed by atoms with Gasteiger partial charge in [0.15, 0.2) is 6.23 Å². The molecule has 28 heavy (non-hydrogen) atoms. The summed E-state index contributed by atoms with van der Waals surface area (Å²) in [6, 6.07) is 26.7. The molecule has 0 aliphatic carbocycles. The molecule has 0 aliphatic rings. The van der Waals surface area contributed by atoms with E-state index in [4.69, 9.17) is 16.3 Å². The maximum atomic E-state index is 12.9. The Kier molecular flexibility index (Phi) is 6.93. The Labute approximate surface area is 170 Å². The predicted molar refractivity (Wildman–Crippen MR) is 112 cm³/mol. The lowest BCUT2D eigenvalue weighted by Crippen LogP contribution is -2.45. The van der Waals surface area contributed by atoms with Crippen molar-refractivity contribution in [1.29, 1.82) is 0 Å². The third kappa shape index (κ3) is 6.03. The molecule has 2 amide bonds. The van der Waals surface area contributed by atoms with Crippen LogP contribution in [-0.4, -0.2) is 17.2 Å². The summed E-state index contributed by atoms with van der Waals surface area (Å²) in [5, 5.41) is 3.56. The molecule has 0 heterocycles. The number of carbonyl (C=O) groups is 1. The molecule has 3 aromatic rings. The maximum absolute atomic E-state index is 12.9. The molecule has 0 bridgehead atoms. The van der Waals surface area contributed by atoms with E-state index in [0.29, 0.717) is 23.9 Å². The molecule has 1 unspecified atom stereocenters. The molecule has 0 fully saturated rings. The molecule has 0 saturated heterocycles. The average molecular weight is 395 g/mol. The molecular weight excluding hydrogens is 372 g/mol. The van der Waals surface area contributed by atoms with E-state index in [1.54, 1.807) is 36.1 Å². The van der Waals surface area contributed by atoms with Gasteiger partial charge in [-0.25, -0.2) is 4.79 Å². The standard InChI is InChI=1S/C23H23ClN2O2/c1-18(28-22-14-12-21(24)13-15-22)25-23(27)26(16-19-8-4-2-5-9-19)17-20-10-6-3-7-11-20/h2-15,18H,16-17H2,1H3,(H,25,27). The van der Waals surface area contributed by atoms with Crippen molar-refractivity contribution < 1.29 is 9.53 Å². The lowest BCUT2D eigenvalue weighted by Gasteiger charge is -2.26. The minimum atomic E-state index is -0.484. The quantitative estimate of drug-likeness (QED) is 0.539. The Hall–Kier alpha value is -2.98. The van der Waals surface area contributed by atoms with Crippen molar-refractivity contribution in [2.75, 3.05) is 0 Å². The predicted octanol–water partition coefficient (Wildman–Crippen LogP) is 5.48. The second-order valence-electron chi connectivity index (χ2n) is 6.49. The van der Waals surface area contributed by atoms with Crippen LogP contribution in [0.25, 0.3) is 0 Å². The van der Waals surface area contributed by atoms with E-state index >= 15 is 0 Å². The highest BCUT2D eigenvalue weighted by Gasteiger charge is 2.17. The van der Waals surface area contributed by atoms with Gasteiger partial charge < -0.3 is 15.0 Å². The normalized spacial score (nSPS) is 11.5. The number of nitrogens with one attached hydrogen (secondary N) is 1. The summed E-state index contributed by atoms with van der Waals surface area (Å²) in [6.07, 6.45) is -0.484. The highest BCUT2D eigenvalue weighted by molar-refractivity contribution is 6.30. The van der Waals surface area contributed by atoms with Gasteiger partial charge in [-0.3, -0.25) is 0 Å². The number of nitrogens with zero attached hydrogens (tertiary/aromatic N) is 1. The van der Waals surface area contributed by atoms with Crippen LogP contribution >= 0.6 is 11.6 Å². The zero-order valence-electron chi connectivity index (χ0n) is 15.7. The zero-order chi connectivity index (χ0) is 19.8. The van der Waals surface area contributed by atoms with Crippen molar-refractivity contribution in [2.45, 2.75) is 26.2 Å². The van der Waals surface area contributed by atoms with Gasteiger partial charge in [0.1, 0.15) is 5.75 Å². The molecule has 0 aliphatic heterocycles. The number of amides is 2. The molecule has 1 atom stereocenters. The number of benzene rings is 3. The van der Waals surface area contributed by atoms with Crippen LogP contribution in [0.1, 0.15) is 18.1 Å². The Morgan fingerprint density at radius 1 is 0.893 bits per heavy atom. The van der Waals surface area contributed by atoms with E-state index in [1.807, 2.05) is 60.7 Å². The third-order valence-corrected chi connectivity index (χ3v) is 4.42. The molecule has 5 heteroatoms. The second-order valence-corrected chi connectivity index (χ2v) is 6.93. The summed E-state index contributed by atoms with van der Waals surface area (Å²) in [5.74, 6) is 0.648. The molecule has 3 rings (SSSR count). The molecule has 3 aromatic carbocycles. The van der Waals surface area contributed by atoms with Gasteiger partial charge in [-0.15, -0.1) is 0 Å². The SMILES string of the molecule is CC(NC(=O)N(Cc1ccccc1)Cc1ccccc1)Oc1ccc(Cl)cc1. The number of hydrogen-bond acceptors (Lipinski definition) is 2. The number of rotatable bonds is 7. The van der Waals surface area contributed by atoms with Gasteiger partial charge in [0.25, 0.3) is 0 Å². The van der Waals surface area contributed by atoms with E-state index in [1.165, 1.54) is 0 Å². The Balaban J connectivity index is 1.67. The van der Waals surface area contributed by atoms with Gasteiger partial charge in [-0.2, -0.15) is 0 Å². The van der Waals surface area contributed by atoms with Gasteiger partial charge in [0.2, 0.25) is 0 Å². The Morgan fingerprint density at radius 2 is 1.39 bits per heavy atom. The molecule has 0 aromatic heterocycles. The lowest BCUT2D eigenvalue weighted by molar-refractivity contribution is 0.149. The first-order chi connectivity index (χ1) is 13.6. The number of hydrogen-bond donors (Lipinski definition) is 1. The number of halogens is 1. The molecule has 144 valence electrons. The van der Waals surface area contributed by atoms with Gasteiger partial charge in [-0.1, -0.05) is 72.3 Å². The highest BCUT2D eigenvalue weighted by atomic mass is 35.5. The molecule has 1 N–H and O–H groups in total. The number of urea groups is 1. The van der Waals surface area contributed by atoms with E-state index in [-0.39, 0.29) is 6.03 Å². The summed E-state index contributed by atoms with van der Waals surface area (Å²) in [7, 11) is 0. The fraction of sp³-hybridized carbons (Fsp3) is 0.174. The smallest absolute Gasteiger partial charge is 0.320 e. The summed E-state index contributed by atoms with van der Waals surface area (Å²) in [5.41, 5.74) is 2.14. The van der Waals surface area contributed by atoms with Gasteiger partial charge in [0.05, 0.1) is 0 Å². The number of carbonyl (C=O) groups excluding carboxylic acids is 1. The Bertz CT molecular complexity index is 829. The second kappa shape index (κ2) is 9.81. The maximum Gasteiger partial charge on any atom is 0.320 e. The minimum absolute atomic E-state index is 0.186. The van der Waals surface area contributed by atoms with Crippen molar-refractivity contribution in [1.82, 2.24) is 10.2 Å². The number of ether oxygens (including phenoxy) is 1. The van der Waals surface area contributed by atoms with Crippen molar-refractivity contribution in [3.05, 3.63) is 101 Å². The topological polar surface area (TPSA) is 41.6 Å².